The zero-order chi connectivity index (χ0) is 24.1. The van der Waals surface area contributed by atoms with E-state index in [0.717, 1.165) is 24.3 Å². The first-order chi connectivity index (χ1) is 14.8. The first-order valence-electron chi connectivity index (χ1n) is 9.24. The number of urea groups is 1. The summed E-state index contributed by atoms with van der Waals surface area (Å²) < 4.78 is 67.5. The molecule has 2 amide bonds. The standard InChI is InChI=1S/C17H22F3N5O5S2/c1-11-10-24(16(27)22-15(31)23-21-9-12(2)26)7-8-25(11)32(28,29)14-5-3-13(4-6-14)30-17(18,19)20/h3-6,9,11-12,26H,7-8,10H2,1-2H3,(H2,22,23,27,31)/b21-9+/t11-,12?/m0/s1. The van der Waals surface area contributed by atoms with Crippen LogP contribution in [0, 0.1) is 0 Å². The van der Waals surface area contributed by atoms with Crippen molar-refractivity contribution < 1.29 is 36.2 Å². The fraction of sp³-hybridized carbons (Fsp3) is 0.471. The number of halogens is 3. The number of benzene rings is 1. The van der Waals surface area contributed by atoms with E-state index in [0.29, 0.717) is 0 Å². The van der Waals surface area contributed by atoms with Crippen LogP contribution in [0.5, 0.6) is 5.75 Å². The number of aliphatic hydroxyl groups excluding tert-OH is 1. The number of carbonyl (C=O) groups excluding carboxylic acids is 1. The largest absolute Gasteiger partial charge is 0.573 e. The van der Waals surface area contributed by atoms with E-state index < -0.39 is 40.3 Å². The Hall–Kier alpha value is -2.49. The zero-order valence-electron chi connectivity index (χ0n) is 17.0. The lowest BCUT2D eigenvalue weighted by Gasteiger charge is -2.38. The predicted molar refractivity (Wildman–Crippen MR) is 112 cm³/mol. The van der Waals surface area contributed by atoms with Crippen LogP contribution in [0.15, 0.2) is 34.3 Å². The second kappa shape index (κ2) is 10.4. The van der Waals surface area contributed by atoms with Crippen LogP contribution in [-0.2, 0) is 10.0 Å². The van der Waals surface area contributed by atoms with Gasteiger partial charge < -0.3 is 14.7 Å². The summed E-state index contributed by atoms with van der Waals surface area (Å²) in [5, 5.41) is 15.0. The molecule has 1 heterocycles. The molecule has 1 aromatic carbocycles. The zero-order valence-corrected chi connectivity index (χ0v) is 18.7. The Balaban J connectivity index is 1.98. The Morgan fingerprint density at radius 2 is 1.97 bits per heavy atom. The van der Waals surface area contributed by atoms with Crippen molar-refractivity contribution in [1.29, 1.82) is 0 Å². The second-order valence-corrected chi connectivity index (χ2v) is 9.12. The Morgan fingerprint density at radius 1 is 1.34 bits per heavy atom. The number of rotatable bonds is 5. The van der Waals surface area contributed by atoms with Crippen LogP contribution < -0.4 is 15.5 Å². The summed E-state index contributed by atoms with van der Waals surface area (Å²) in [5.74, 6) is -0.534. The van der Waals surface area contributed by atoms with Gasteiger partial charge in [0.2, 0.25) is 10.0 Å². The molecule has 3 N–H and O–H groups in total. The van der Waals surface area contributed by atoms with Gasteiger partial charge in [-0.15, -0.1) is 13.2 Å². The molecule has 0 spiro atoms. The SMILES string of the molecule is CC(O)/C=N/NC(=S)NC(=O)N1CCN(S(=O)(=O)c2ccc(OC(F)(F)F)cc2)[C@@H](C)C1. The van der Waals surface area contributed by atoms with E-state index in [1.165, 1.54) is 22.3 Å². The van der Waals surface area contributed by atoms with Gasteiger partial charge in [-0.05, 0) is 50.3 Å². The average Bonchev–Trinajstić information content (AvgIpc) is 2.66. The predicted octanol–water partition coefficient (Wildman–Crippen LogP) is 1.23. The molecule has 0 aliphatic carbocycles. The maximum Gasteiger partial charge on any atom is 0.573 e. The molecule has 0 bridgehead atoms. The molecule has 10 nitrogen and oxygen atoms in total. The number of hydrazone groups is 1. The fourth-order valence-corrected chi connectivity index (χ4v) is 4.59. The molecule has 1 aliphatic heterocycles. The number of hydrogen-bond donors (Lipinski definition) is 3. The summed E-state index contributed by atoms with van der Waals surface area (Å²) >= 11 is 4.92. The molecular formula is C17H22F3N5O5S2. The number of carbonyl (C=O) groups is 1. The number of sulfonamides is 1. The minimum Gasteiger partial charge on any atom is -0.406 e. The molecular weight excluding hydrogens is 475 g/mol. The van der Waals surface area contributed by atoms with Crippen molar-refractivity contribution in [3.05, 3.63) is 24.3 Å². The minimum absolute atomic E-state index is 0.0297. The molecule has 32 heavy (non-hydrogen) atoms. The molecule has 15 heteroatoms. The highest BCUT2D eigenvalue weighted by molar-refractivity contribution is 7.89. The van der Waals surface area contributed by atoms with Crippen LogP contribution in [0.2, 0.25) is 0 Å². The van der Waals surface area contributed by atoms with Crippen LogP contribution in [-0.4, -0.2) is 78.2 Å². The van der Waals surface area contributed by atoms with Crippen LogP contribution in [0.4, 0.5) is 18.0 Å². The summed E-state index contributed by atoms with van der Waals surface area (Å²) in [6.45, 7) is 3.16. The molecule has 1 aromatic rings. The highest BCUT2D eigenvalue weighted by atomic mass is 32.2. The van der Waals surface area contributed by atoms with Gasteiger partial charge in [-0.1, -0.05) is 0 Å². The van der Waals surface area contributed by atoms with Crippen LogP contribution in [0.1, 0.15) is 13.8 Å². The smallest absolute Gasteiger partial charge is 0.406 e. The normalized spacial score (nSPS) is 18.9. The quantitative estimate of drug-likeness (QED) is 0.318. The number of piperazine rings is 1. The van der Waals surface area contributed by atoms with Crippen molar-refractivity contribution in [2.45, 2.75) is 37.3 Å². The van der Waals surface area contributed by atoms with Gasteiger partial charge in [0.1, 0.15) is 5.75 Å². The number of ether oxygens (including phenoxy) is 1. The number of thiocarbonyl (C=S) groups is 1. The van der Waals surface area contributed by atoms with E-state index in [1.807, 2.05) is 0 Å². The number of alkyl halides is 3. The van der Waals surface area contributed by atoms with Gasteiger partial charge in [0, 0.05) is 25.7 Å². The fourth-order valence-electron chi connectivity index (χ4n) is 2.84. The number of aliphatic hydroxyl groups is 1. The molecule has 0 radical (unpaired) electrons. The van der Waals surface area contributed by atoms with E-state index in [9.17, 15) is 26.4 Å². The Bertz CT molecular complexity index is 954. The average molecular weight is 498 g/mol. The molecule has 1 unspecified atom stereocenters. The van der Waals surface area contributed by atoms with Gasteiger partial charge in [-0.2, -0.15) is 9.41 Å². The maximum atomic E-state index is 12.9. The molecule has 178 valence electrons. The summed E-state index contributed by atoms with van der Waals surface area (Å²) in [5.41, 5.74) is 2.36. The monoisotopic (exact) mass is 497 g/mol. The van der Waals surface area contributed by atoms with E-state index in [-0.39, 0.29) is 29.6 Å². The lowest BCUT2D eigenvalue weighted by Crippen LogP contribution is -2.58. The van der Waals surface area contributed by atoms with Crippen molar-refractivity contribution in [1.82, 2.24) is 19.9 Å². The third-order valence-electron chi connectivity index (χ3n) is 4.19. The molecule has 1 saturated heterocycles. The van der Waals surface area contributed by atoms with E-state index in [1.54, 1.807) is 6.92 Å². The van der Waals surface area contributed by atoms with Gasteiger partial charge in [0.25, 0.3) is 0 Å². The van der Waals surface area contributed by atoms with Crippen molar-refractivity contribution in [2.24, 2.45) is 5.10 Å². The summed E-state index contributed by atoms with van der Waals surface area (Å²) in [6, 6.07) is 2.72. The van der Waals surface area contributed by atoms with Gasteiger partial charge >= 0.3 is 12.4 Å². The minimum atomic E-state index is -4.88. The van der Waals surface area contributed by atoms with Gasteiger partial charge in [-0.3, -0.25) is 10.7 Å². The van der Waals surface area contributed by atoms with Gasteiger partial charge in [-0.25, -0.2) is 13.2 Å². The van der Waals surface area contributed by atoms with E-state index in [4.69, 9.17) is 17.3 Å². The molecule has 0 saturated carbocycles. The van der Waals surface area contributed by atoms with E-state index in [2.05, 4.69) is 20.6 Å². The Labute approximate surface area is 188 Å². The lowest BCUT2D eigenvalue weighted by atomic mass is 10.2. The molecule has 2 atom stereocenters. The first-order valence-corrected chi connectivity index (χ1v) is 11.1. The van der Waals surface area contributed by atoms with Crippen LogP contribution in [0.25, 0.3) is 0 Å². The van der Waals surface area contributed by atoms with Crippen molar-refractivity contribution in [3.63, 3.8) is 0 Å². The molecule has 1 fully saturated rings. The summed E-state index contributed by atoms with van der Waals surface area (Å²) in [6.07, 6.45) is -4.51. The molecule has 1 aliphatic rings. The Morgan fingerprint density at radius 3 is 2.50 bits per heavy atom. The van der Waals surface area contributed by atoms with Gasteiger partial charge in [0.15, 0.2) is 5.11 Å². The number of amides is 2. The van der Waals surface area contributed by atoms with Gasteiger partial charge in [0.05, 0.1) is 17.2 Å². The lowest BCUT2D eigenvalue weighted by molar-refractivity contribution is -0.274. The maximum absolute atomic E-state index is 12.9. The van der Waals surface area contributed by atoms with Crippen LogP contribution >= 0.6 is 12.2 Å². The van der Waals surface area contributed by atoms with E-state index >= 15 is 0 Å². The van der Waals surface area contributed by atoms with Crippen molar-refractivity contribution in [3.8, 4) is 5.75 Å². The molecule has 2 rings (SSSR count). The highest BCUT2D eigenvalue weighted by Crippen LogP contribution is 2.26. The third-order valence-corrected chi connectivity index (χ3v) is 6.42. The topological polar surface area (TPSA) is 124 Å². The summed E-state index contributed by atoms with van der Waals surface area (Å²) in [4.78, 5) is 13.5. The van der Waals surface area contributed by atoms with Crippen molar-refractivity contribution in [2.75, 3.05) is 19.6 Å². The number of hydrogen-bond acceptors (Lipinski definition) is 7. The van der Waals surface area contributed by atoms with Crippen molar-refractivity contribution >= 4 is 39.6 Å². The molecule has 0 aromatic heterocycles. The second-order valence-electron chi connectivity index (χ2n) is 6.82. The summed E-state index contributed by atoms with van der Waals surface area (Å²) in [7, 11) is -4.01. The Kier molecular flexibility index (Phi) is 8.39. The highest BCUT2D eigenvalue weighted by Gasteiger charge is 2.36. The van der Waals surface area contributed by atoms with Crippen LogP contribution in [0.3, 0.4) is 0 Å². The first kappa shape index (κ1) is 25.8. The third kappa shape index (κ3) is 7.29. The number of nitrogens with one attached hydrogen (secondary N) is 2. The number of nitrogens with zero attached hydrogens (tertiary/aromatic N) is 3.